The number of benzene rings is 1. The van der Waals surface area contributed by atoms with Crippen LogP contribution in [-0.2, 0) is 14.3 Å². The van der Waals surface area contributed by atoms with Gasteiger partial charge in [0.25, 0.3) is 0 Å². The smallest absolute Gasteiger partial charge is 0.347 e. The minimum absolute atomic E-state index is 0.233. The second kappa shape index (κ2) is 5.87. The van der Waals surface area contributed by atoms with Gasteiger partial charge in [0.2, 0.25) is 6.10 Å². The van der Waals surface area contributed by atoms with Crippen LogP contribution in [0.4, 0.5) is 0 Å². The number of methoxy groups -OCH3 is 1. The van der Waals surface area contributed by atoms with Crippen molar-refractivity contribution in [3.63, 3.8) is 0 Å². The molecular formula is C17H17NO5. The molecule has 2 atom stereocenters. The van der Waals surface area contributed by atoms with E-state index in [1.165, 1.54) is 0 Å². The number of cyclic esters (lactones) is 1. The van der Waals surface area contributed by atoms with E-state index in [0.29, 0.717) is 23.4 Å². The number of carbonyl (C=O) groups is 2. The molecule has 0 amide bonds. The Kier molecular flexibility index (Phi) is 3.90. The van der Waals surface area contributed by atoms with Crippen LogP contribution in [0, 0.1) is 6.92 Å². The van der Waals surface area contributed by atoms with Gasteiger partial charge in [0.1, 0.15) is 11.9 Å². The molecule has 0 N–H and O–H groups in total. The first-order valence-corrected chi connectivity index (χ1v) is 7.35. The van der Waals surface area contributed by atoms with Crippen molar-refractivity contribution in [2.24, 2.45) is 0 Å². The van der Waals surface area contributed by atoms with Gasteiger partial charge in [-0.25, -0.2) is 9.59 Å². The number of aryl methyl sites for hydroxylation is 1. The molecule has 0 radical (unpaired) electrons. The molecular weight excluding hydrogens is 298 g/mol. The first kappa shape index (κ1) is 15.3. The summed E-state index contributed by atoms with van der Waals surface area (Å²) in [5.41, 5.74) is 1.61. The van der Waals surface area contributed by atoms with E-state index in [1.54, 1.807) is 39.2 Å². The number of esters is 2. The predicted octanol–water partition coefficient (Wildman–Crippen LogP) is 2.41. The Labute approximate surface area is 133 Å². The molecule has 1 saturated heterocycles. The number of aromatic nitrogens is 1. The summed E-state index contributed by atoms with van der Waals surface area (Å²) in [4.78, 5) is 28.4. The normalized spacial score (nSPS) is 20.4. The maximum atomic E-state index is 12.3. The number of ether oxygens (including phenoxy) is 3. The number of hydrogen-bond donors (Lipinski definition) is 0. The van der Waals surface area contributed by atoms with Crippen molar-refractivity contribution in [2.45, 2.75) is 32.5 Å². The third-order valence-electron chi connectivity index (χ3n) is 3.81. The third-order valence-corrected chi connectivity index (χ3v) is 3.81. The summed E-state index contributed by atoms with van der Waals surface area (Å²) in [6.45, 7) is 3.49. The van der Waals surface area contributed by atoms with Gasteiger partial charge in [-0.15, -0.1) is 0 Å². The van der Waals surface area contributed by atoms with E-state index in [0.717, 1.165) is 10.9 Å². The lowest BCUT2D eigenvalue weighted by atomic mass is 10.1. The molecule has 2 heterocycles. The van der Waals surface area contributed by atoms with E-state index >= 15 is 0 Å². The molecule has 6 heteroatoms. The lowest BCUT2D eigenvalue weighted by Crippen LogP contribution is -2.23. The topological polar surface area (TPSA) is 74.7 Å². The Morgan fingerprint density at radius 2 is 2.13 bits per heavy atom. The quantitative estimate of drug-likeness (QED) is 0.810. The summed E-state index contributed by atoms with van der Waals surface area (Å²) in [5.74, 6) is -0.367. The summed E-state index contributed by atoms with van der Waals surface area (Å²) in [6, 6.07) is 7.13. The van der Waals surface area contributed by atoms with Crippen LogP contribution in [0.15, 0.2) is 24.3 Å². The molecule has 120 valence electrons. The Morgan fingerprint density at radius 3 is 2.78 bits per heavy atom. The van der Waals surface area contributed by atoms with Gasteiger partial charge in [0.15, 0.2) is 0 Å². The average molecular weight is 315 g/mol. The minimum atomic E-state index is -0.844. The molecule has 23 heavy (non-hydrogen) atoms. The lowest BCUT2D eigenvalue weighted by Gasteiger charge is -2.11. The van der Waals surface area contributed by atoms with Crippen LogP contribution in [0.5, 0.6) is 5.75 Å². The van der Waals surface area contributed by atoms with Gasteiger partial charge < -0.3 is 14.2 Å². The lowest BCUT2D eigenvalue weighted by molar-refractivity contribution is -0.147. The zero-order valence-corrected chi connectivity index (χ0v) is 13.2. The van der Waals surface area contributed by atoms with Crippen LogP contribution >= 0.6 is 0 Å². The zero-order valence-electron chi connectivity index (χ0n) is 13.2. The number of pyridine rings is 1. The Balaban J connectivity index is 1.88. The molecule has 6 nitrogen and oxygen atoms in total. The second-order valence-electron chi connectivity index (χ2n) is 5.56. The van der Waals surface area contributed by atoms with Crippen molar-refractivity contribution in [1.82, 2.24) is 4.98 Å². The van der Waals surface area contributed by atoms with Crippen LogP contribution in [0.3, 0.4) is 0 Å². The van der Waals surface area contributed by atoms with Crippen LogP contribution in [-0.4, -0.2) is 36.2 Å². The number of carbonyl (C=O) groups excluding carboxylic acids is 2. The van der Waals surface area contributed by atoms with Crippen molar-refractivity contribution in [1.29, 1.82) is 0 Å². The van der Waals surface area contributed by atoms with Crippen molar-refractivity contribution < 1.29 is 23.8 Å². The van der Waals surface area contributed by atoms with Crippen molar-refractivity contribution in [3.05, 3.63) is 35.5 Å². The van der Waals surface area contributed by atoms with Crippen LogP contribution in [0.25, 0.3) is 10.9 Å². The molecule has 0 aliphatic carbocycles. The molecule has 3 rings (SSSR count). The zero-order chi connectivity index (χ0) is 16.6. The summed E-state index contributed by atoms with van der Waals surface area (Å²) >= 11 is 0. The van der Waals surface area contributed by atoms with Crippen molar-refractivity contribution in [2.75, 3.05) is 7.11 Å². The van der Waals surface area contributed by atoms with E-state index in [4.69, 9.17) is 14.2 Å². The van der Waals surface area contributed by atoms with Crippen molar-refractivity contribution >= 4 is 22.8 Å². The standard InChI is InChI=1S/C17H17NO5/c1-9-6-15(17(20)22-9)23-16(19)13-7-11-4-5-12(21-3)8-14(11)18-10(13)2/h4-5,7-9,15H,6H2,1-3H3/t9-,15+/m1/s1. The van der Waals surface area contributed by atoms with Gasteiger partial charge in [-0.1, -0.05) is 0 Å². The first-order chi connectivity index (χ1) is 11.0. The monoisotopic (exact) mass is 315 g/mol. The van der Waals surface area contributed by atoms with E-state index in [2.05, 4.69) is 4.98 Å². The molecule has 1 aromatic heterocycles. The molecule has 1 aromatic carbocycles. The van der Waals surface area contributed by atoms with Crippen LogP contribution < -0.4 is 4.74 Å². The fourth-order valence-electron chi connectivity index (χ4n) is 2.59. The minimum Gasteiger partial charge on any atom is -0.497 e. The predicted molar refractivity (Wildman–Crippen MR) is 82.4 cm³/mol. The number of rotatable bonds is 3. The highest BCUT2D eigenvalue weighted by atomic mass is 16.6. The molecule has 0 unspecified atom stereocenters. The van der Waals surface area contributed by atoms with Gasteiger partial charge >= 0.3 is 11.9 Å². The second-order valence-corrected chi connectivity index (χ2v) is 5.56. The Bertz CT molecular complexity index is 786. The molecule has 1 aliphatic rings. The van der Waals surface area contributed by atoms with Gasteiger partial charge in [0, 0.05) is 17.9 Å². The average Bonchev–Trinajstić information content (AvgIpc) is 2.83. The van der Waals surface area contributed by atoms with Gasteiger partial charge in [-0.3, -0.25) is 4.98 Å². The van der Waals surface area contributed by atoms with Crippen LogP contribution in [0.1, 0.15) is 29.4 Å². The fourth-order valence-corrected chi connectivity index (χ4v) is 2.59. The maximum Gasteiger partial charge on any atom is 0.347 e. The van der Waals surface area contributed by atoms with E-state index < -0.39 is 18.0 Å². The van der Waals surface area contributed by atoms with Gasteiger partial charge in [-0.2, -0.15) is 0 Å². The fraction of sp³-hybridized carbons (Fsp3) is 0.353. The molecule has 0 saturated carbocycles. The molecule has 0 spiro atoms. The van der Waals surface area contributed by atoms with Crippen LogP contribution in [0.2, 0.25) is 0 Å². The largest absolute Gasteiger partial charge is 0.497 e. The Morgan fingerprint density at radius 1 is 1.35 bits per heavy atom. The van der Waals surface area contributed by atoms with Gasteiger partial charge in [-0.05, 0) is 32.0 Å². The van der Waals surface area contributed by atoms with E-state index in [9.17, 15) is 9.59 Å². The highest BCUT2D eigenvalue weighted by molar-refractivity contribution is 5.96. The maximum absolute atomic E-state index is 12.3. The molecule has 2 aromatic rings. The highest BCUT2D eigenvalue weighted by Crippen LogP contribution is 2.24. The summed E-state index contributed by atoms with van der Waals surface area (Å²) in [6.07, 6.45) is -0.700. The highest BCUT2D eigenvalue weighted by Gasteiger charge is 2.35. The van der Waals surface area contributed by atoms with E-state index in [1.807, 2.05) is 6.07 Å². The SMILES string of the molecule is COc1ccc2cc(C(=O)O[C@H]3C[C@@H](C)OC3=O)c(C)nc2c1. The van der Waals surface area contributed by atoms with Gasteiger partial charge in [0.05, 0.1) is 23.9 Å². The molecule has 1 fully saturated rings. The number of hydrogen-bond acceptors (Lipinski definition) is 6. The summed E-state index contributed by atoms with van der Waals surface area (Å²) in [5, 5.41) is 0.797. The first-order valence-electron chi connectivity index (χ1n) is 7.35. The Hall–Kier alpha value is -2.63. The van der Waals surface area contributed by atoms with Crippen molar-refractivity contribution in [3.8, 4) is 5.75 Å². The molecule has 1 aliphatic heterocycles. The molecule has 0 bridgehead atoms. The summed E-state index contributed by atoms with van der Waals surface area (Å²) < 4.78 is 15.4. The number of nitrogens with zero attached hydrogens (tertiary/aromatic N) is 1. The third kappa shape index (κ3) is 2.97. The summed E-state index contributed by atoms with van der Waals surface area (Å²) in [7, 11) is 1.58. The number of fused-ring (bicyclic) bond motifs is 1. The van der Waals surface area contributed by atoms with E-state index in [-0.39, 0.29) is 6.10 Å².